The van der Waals surface area contributed by atoms with Crippen molar-refractivity contribution in [3.63, 3.8) is 0 Å². The van der Waals surface area contributed by atoms with E-state index in [0.29, 0.717) is 6.04 Å². The van der Waals surface area contributed by atoms with Gasteiger partial charge in [0.25, 0.3) is 0 Å². The normalized spacial score (nSPS) is 21.3. The molecule has 2 unspecified atom stereocenters. The lowest BCUT2D eigenvalue weighted by Gasteiger charge is -2.39. The third-order valence-corrected chi connectivity index (χ3v) is 4.77. The Morgan fingerprint density at radius 2 is 2.05 bits per heavy atom. The minimum absolute atomic E-state index is 0.211. The van der Waals surface area contributed by atoms with Gasteiger partial charge >= 0.3 is 0 Å². The number of piperidine rings is 1. The van der Waals surface area contributed by atoms with Crippen LogP contribution in [0.3, 0.4) is 0 Å². The molecule has 0 radical (unpaired) electrons. The lowest BCUT2D eigenvalue weighted by atomic mass is 9.91. The summed E-state index contributed by atoms with van der Waals surface area (Å²) >= 11 is 3.58. The molecule has 2 rings (SSSR count). The van der Waals surface area contributed by atoms with E-state index in [1.807, 2.05) is 0 Å². The van der Waals surface area contributed by atoms with E-state index in [4.69, 9.17) is 5.73 Å². The highest BCUT2D eigenvalue weighted by Crippen LogP contribution is 2.30. The maximum Gasteiger partial charge on any atom is 0.0499 e. The summed E-state index contributed by atoms with van der Waals surface area (Å²) in [6.45, 7) is 6.88. The molecule has 0 amide bonds. The van der Waals surface area contributed by atoms with E-state index < -0.39 is 0 Å². The molecule has 0 aromatic heterocycles. The van der Waals surface area contributed by atoms with Gasteiger partial charge in [0.15, 0.2) is 0 Å². The van der Waals surface area contributed by atoms with Gasteiger partial charge in [-0.15, -0.1) is 0 Å². The fourth-order valence-electron chi connectivity index (χ4n) is 2.95. The first-order chi connectivity index (χ1) is 9.11. The number of likely N-dealkylation sites (tertiary alicyclic amines) is 1. The maximum atomic E-state index is 6.41. The fourth-order valence-corrected chi connectivity index (χ4v) is 3.37. The highest BCUT2D eigenvalue weighted by Gasteiger charge is 2.28. The highest BCUT2D eigenvalue weighted by atomic mass is 79.9. The molecule has 1 aromatic carbocycles. The Morgan fingerprint density at radius 3 is 2.63 bits per heavy atom. The van der Waals surface area contributed by atoms with Crippen LogP contribution < -0.4 is 5.73 Å². The van der Waals surface area contributed by atoms with Gasteiger partial charge in [0.2, 0.25) is 0 Å². The van der Waals surface area contributed by atoms with Crippen molar-refractivity contribution in [2.45, 2.75) is 45.2 Å². The van der Waals surface area contributed by atoms with Crippen molar-refractivity contribution >= 4 is 15.9 Å². The van der Waals surface area contributed by atoms with Crippen LogP contribution in [0.4, 0.5) is 0 Å². The van der Waals surface area contributed by atoms with Crippen molar-refractivity contribution in [1.82, 2.24) is 4.90 Å². The van der Waals surface area contributed by atoms with Gasteiger partial charge in [-0.2, -0.15) is 0 Å². The summed E-state index contributed by atoms with van der Waals surface area (Å²) < 4.78 is 1.14. The van der Waals surface area contributed by atoms with Crippen LogP contribution in [0.1, 0.15) is 44.7 Å². The van der Waals surface area contributed by atoms with Crippen LogP contribution in [0, 0.1) is 5.92 Å². The van der Waals surface area contributed by atoms with Crippen LogP contribution in [0.15, 0.2) is 28.7 Å². The number of hydrogen-bond donors (Lipinski definition) is 1. The van der Waals surface area contributed by atoms with Gasteiger partial charge in [-0.1, -0.05) is 41.9 Å². The van der Waals surface area contributed by atoms with Gasteiger partial charge in [-0.05, 0) is 56.0 Å². The molecule has 1 saturated heterocycles. The minimum Gasteiger partial charge on any atom is -0.326 e. The summed E-state index contributed by atoms with van der Waals surface area (Å²) in [5.74, 6) is 0.859. The largest absolute Gasteiger partial charge is 0.326 e. The van der Waals surface area contributed by atoms with Crippen LogP contribution in [-0.4, -0.2) is 24.0 Å². The highest BCUT2D eigenvalue weighted by molar-refractivity contribution is 9.10. The third-order valence-electron chi connectivity index (χ3n) is 4.28. The van der Waals surface area contributed by atoms with E-state index in [1.165, 1.54) is 31.5 Å². The van der Waals surface area contributed by atoms with Crippen LogP contribution in [0.25, 0.3) is 0 Å². The zero-order valence-electron chi connectivity index (χ0n) is 12.0. The average molecular weight is 325 g/mol. The minimum atomic E-state index is 0.211. The molecule has 1 aliphatic rings. The number of benzene rings is 1. The van der Waals surface area contributed by atoms with Crippen molar-refractivity contribution in [1.29, 1.82) is 0 Å². The summed E-state index contributed by atoms with van der Waals surface area (Å²) in [4.78, 5) is 2.58. The van der Waals surface area contributed by atoms with Gasteiger partial charge in [-0.25, -0.2) is 0 Å². The average Bonchev–Trinajstić information content (AvgIpc) is 2.41. The molecule has 0 bridgehead atoms. The molecule has 0 saturated carbocycles. The topological polar surface area (TPSA) is 29.3 Å². The number of hydrogen-bond acceptors (Lipinski definition) is 2. The molecule has 1 heterocycles. The molecule has 2 atom stereocenters. The van der Waals surface area contributed by atoms with Gasteiger partial charge in [-0.3, -0.25) is 4.90 Å². The van der Waals surface area contributed by atoms with E-state index >= 15 is 0 Å². The molecule has 19 heavy (non-hydrogen) atoms. The van der Waals surface area contributed by atoms with Crippen molar-refractivity contribution in [3.05, 3.63) is 34.3 Å². The van der Waals surface area contributed by atoms with E-state index in [0.717, 1.165) is 16.8 Å². The van der Waals surface area contributed by atoms with Crippen LogP contribution in [-0.2, 0) is 0 Å². The van der Waals surface area contributed by atoms with Crippen molar-refractivity contribution in [3.8, 4) is 0 Å². The summed E-state index contributed by atoms with van der Waals surface area (Å²) in [6, 6.07) is 9.19. The molecule has 3 heteroatoms. The molecule has 1 aliphatic heterocycles. The Balaban J connectivity index is 2.21. The summed E-state index contributed by atoms with van der Waals surface area (Å²) in [5, 5.41) is 0. The molecule has 0 spiro atoms. The number of halogens is 1. The van der Waals surface area contributed by atoms with Crippen LogP contribution in [0.2, 0.25) is 0 Å². The predicted octanol–water partition coefficient (Wildman–Crippen LogP) is 3.96. The first kappa shape index (κ1) is 15.0. The smallest absolute Gasteiger partial charge is 0.0499 e. The predicted molar refractivity (Wildman–Crippen MR) is 85.1 cm³/mol. The molecule has 2 nitrogen and oxygen atoms in total. The molecule has 0 aliphatic carbocycles. The van der Waals surface area contributed by atoms with Gasteiger partial charge in [0.1, 0.15) is 0 Å². The summed E-state index contributed by atoms with van der Waals surface area (Å²) in [6.07, 6.45) is 3.60. The standard InChI is InChI=1S/C16H25BrN2/c1-3-15(18)16(13-5-4-6-14(17)11-13)19-9-7-12(2)8-10-19/h4-6,11-12,15-16H,3,7-10,18H2,1-2H3. The molecule has 2 N–H and O–H groups in total. The van der Waals surface area contributed by atoms with Crippen molar-refractivity contribution in [2.24, 2.45) is 11.7 Å². The maximum absolute atomic E-state index is 6.41. The first-order valence-electron chi connectivity index (χ1n) is 7.37. The van der Waals surface area contributed by atoms with E-state index in [9.17, 15) is 0 Å². The van der Waals surface area contributed by atoms with Crippen molar-refractivity contribution < 1.29 is 0 Å². The summed E-state index contributed by atoms with van der Waals surface area (Å²) in [7, 11) is 0. The molecule has 1 fully saturated rings. The first-order valence-corrected chi connectivity index (χ1v) is 8.16. The Hall–Kier alpha value is -0.380. The number of rotatable bonds is 4. The Labute approximate surface area is 125 Å². The molecule has 106 valence electrons. The SMILES string of the molecule is CCC(N)C(c1cccc(Br)c1)N1CCC(C)CC1. The zero-order valence-corrected chi connectivity index (χ0v) is 13.6. The molecule has 1 aromatic rings. The Morgan fingerprint density at radius 1 is 1.37 bits per heavy atom. The van der Waals surface area contributed by atoms with Gasteiger partial charge in [0.05, 0.1) is 0 Å². The fraction of sp³-hybridized carbons (Fsp3) is 0.625. The van der Waals surface area contributed by atoms with E-state index in [1.54, 1.807) is 0 Å². The Kier molecular flexibility index (Phi) is 5.43. The van der Waals surface area contributed by atoms with E-state index in [2.05, 4.69) is 58.9 Å². The van der Waals surface area contributed by atoms with Crippen molar-refractivity contribution in [2.75, 3.05) is 13.1 Å². The zero-order chi connectivity index (χ0) is 13.8. The quantitative estimate of drug-likeness (QED) is 0.908. The van der Waals surface area contributed by atoms with Gasteiger partial charge in [0, 0.05) is 16.6 Å². The second-order valence-corrected chi connectivity index (χ2v) is 6.71. The number of nitrogens with two attached hydrogens (primary N) is 1. The van der Waals surface area contributed by atoms with Gasteiger partial charge < -0.3 is 5.73 Å². The van der Waals surface area contributed by atoms with Crippen LogP contribution in [0.5, 0.6) is 0 Å². The summed E-state index contributed by atoms with van der Waals surface area (Å²) in [5.41, 5.74) is 7.75. The second-order valence-electron chi connectivity index (χ2n) is 5.79. The van der Waals surface area contributed by atoms with E-state index in [-0.39, 0.29) is 6.04 Å². The second kappa shape index (κ2) is 6.87. The lowest BCUT2D eigenvalue weighted by molar-refractivity contribution is 0.119. The lowest BCUT2D eigenvalue weighted by Crippen LogP contribution is -2.44. The molecular formula is C16H25BrN2. The number of nitrogens with zero attached hydrogens (tertiary/aromatic N) is 1. The molecular weight excluding hydrogens is 300 g/mol. The third kappa shape index (κ3) is 3.80. The Bertz CT molecular complexity index is 399. The van der Waals surface area contributed by atoms with Crippen LogP contribution >= 0.6 is 15.9 Å². The monoisotopic (exact) mass is 324 g/mol.